The fourth-order valence-electron chi connectivity index (χ4n) is 3.56. The normalized spacial score (nSPS) is 11.4. The topological polar surface area (TPSA) is 57.0 Å². The van der Waals surface area contributed by atoms with Crippen LogP contribution in [0.1, 0.15) is 28.1 Å². The number of hydrogen-bond donors (Lipinski definition) is 0. The molecule has 0 aliphatic heterocycles. The van der Waals surface area contributed by atoms with Crippen molar-refractivity contribution in [2.75, 3.05) is 0 Å². The van der Waals surface area contributed by atoms with Gasteiger partial charge in [0.05, 0.1) is 5.56 Å². The highest BCUT2D eigenvalue weighted by Gasteiger charge is 2.30. The van der Waals surface area contributed by atoms with Gasteiger partial charge in [0.15, 0.2) is 0 Å². The average molecular weight is 465 g/mol. The van der Waals surface area contributed by atoms with E-state index in [9.17, 15) is 18.0 Å². The van der Waals surface area contributed by atoms with Crippen molar-refractivity contribution >= 4 is 0 Å². The summed E-state index contributed by atoms with van der Waals surface area (Å²) in [5, 5.41) is 0. The first kappa shape index (κ1) is 23.2. The molecular weight excluding hydrogens is 443 g/mol. The lowest BCUT2D eigenvalue weighted by Gasteiger charge is -2.11. The average Bonchev–Trinajstić information content (AvgIpc) is 2.82. The van der Waals surface area contributed by atoms with Gasteiger partial charge in [-0.3, -0.25) is 9.78 Å². The van der Waals surface area contributed by atoms with Gasteiger partial charge in [-0.05, 0) is 53.9 Å². The van der Waals surface area contributed by atoms with E-state index in [-0.39, 0.29) is 11.3 Å². The van der Waals surface area contributed by atoms with Crippen LogP contribution in [-0.2, 0) is 32.5 Å². The van der Waals surface area contributed by atoms with Crippen molar-refractivity contribution in [3.8, 4) is 11.5 Å². The van der Waals surface area contributed by atoms with E-state index in [1.807, 2.05) is 42.1 Å². The summed E-state index contributed by atoms with van der Waals surface area (Å²) in [6, 6.07) is 15.6. The Balaban J connectivity index is 1.39. The molecule has 0 aliphatic rings. The van der Waals surface area contributed by atoms with Crippen molar-refractivity contribution in [1.82, 2.24) is 14.5 Å². The molecule has 0 atom stereocenters. The Morgan fingerprint density at radius 3 is 2.44 bits per heavy atom. The zero-order valence-corrected chi connectivity index (χ0v) is 18.4. The number of pyridine rings is 1. The molecule has 2 heterocycles. The smallest absolute Gasteiger partial charge is 0.416 e. The lowest BCUT2D eigenvalue weighted by molar-refractivity contribution is -0.137. The Labute approximate surface area is 194 Å². The lowest BCUT2D eigenvalue weighted by Crippen LogP contribution is -2.21. The summed E-state index contributed by atoms with van der Waals surface area (Å²) >= 11 is 0. The third-order valence-electron chi connectivity index (χ3n) is 5.34. The number of halogens is 3. The molecule has 0 unspecified atom stereocenters. The van der Waals surface area contributed by atoms with Crippen molar-refractivity contribution in [2.45, 2.75) is 25.4 Å². The molecule has 8 heteroatoms. The molecule has 5 nitrogen and oxygen atoms in total. The number of aryl methyl sites for hydroxylation is 3. The SMILES string of the molecule is Cn1cc(Cc2cccnc2)c(=O)nc1CCc1ccc(Oc2cccc(C(F)(F)F)c2)cc1. The van der Waals surface area contributed by atoms with E-state index in [0.29, 0.717) is 36.4 Å². The standard InChI is InChI=1S/C26H22F3N3O2/c1-32-17-20(14-19-4-3-13-30-16-19)25(33)31-24(32)12-9-18-7-10-22(11-8-18)34-23-6-2-5-21(15-23)26(27,28)29/h2-8,10-11,13,15-17H,9,12,14H2,1H3. The van der Waals surface area contributed by atoms with Crippen molar-refractivity contribution in [3.63, 3.8) is 0 Å². The summed E-state index contributed by atoms with van der Waals surface area (Å²) in [6.45, 7) is 0. The van der Waals surface area contributed by atoms with Gasteiger partial charge in [-0.15, -0.1) is 0 Å². The zero-order valence-electron chi connectivity index (χ0n) is 18.4. The maximum atomic E-state index is 12.9. The minimum Gasteiger partial charge on any atom is -0.457 e. The molecule has 2 aromatic heterocycles. The fourth-order valence-corrected chi connectivity index (χ4v) is 3.56. The Morgan fingerprint density at radius 2 is 1.74 bits per heavy atom. The molecule has 0 bridgehead atoms. The number of rotatable bonds is 7. The molecule has 4 aromatic rings. The number of nitrogens with zero attached hydrogens (tertiary/aromatic N) is 3. The molecule has 34 heavy (non-hydrogen) atoms. The zero-order chi connectivity index (χ0) is 24.1. The van der Waals surface area contributed by atoms with Crippen LogP contribution in [0.2, 0.25) is 0 Å². The molecule has 4 rings (SSSR count). The number of hydrogen-bond acceptors (Lipinski definition) is 4. The third kappa shape index (κ3) is 5.89. The van der Waals surface area contributed by atoms with Gasteiger partial charge in [0.25, 0.3) is 5.56 Å². The minimum absolute atomic E-state index is 0.119. The predicted octanol–water partition coefficient (Wildman–Crippen LogP) is 5.36. The van der Waals surface area contributed by atoms with Gasteiger partial charge >= 0.3 is 6.18 Å². The van der Waals surface area contributed by atoms with E-state index < -0.39 is 11.7 Å². The van der Waals surface area contributed by atoms with Gasteiger partial charge in [0.1, 0.15) is 17.3 Å². The van der Waals surface area contributed by atoms with Crippen LogP contribution < -0.4 is 10.3 Å². The second-order valence-corrected chi connectivity index (χ2v) is 7.91. The summed E-state index contributed by atoms with van der Waals surface area (Å²) in [5.41, 5.74) is 1.54. The molecule has 2 aromatic carbocycles. The van der Waals surface area contributed by atoms with E-state index in [1.165, 1.54) is 12.1 Å². The quantitative estimate of drug-likeness (QED) is 0.369. The van der Waals surface area contributed by atoms with Crippen LogP contribution in [-0.4, -0.2) is 14.5 Å². The molecule has 0 N–H and O–H groups in total. The van der Waals surface area contributed by atoms with Crippen LogP contribution in [0, 0.1) is 0 Å². The summed E-state index contributed by atoms with van der Waals surface area (Å²) in [7, 11) is 1.86. The van der Waals surface area contributed by atoms with Crippen LogP contribution in [0.25, 0.3) is 0 Å². The minimum atomic E-state index is -4.42. The maximum Gasteiger partial charge on any atom is 0.416 e. The first-order valence-electron chi connectivity index (χ1n) is 10.7. The molecule has 0 aliphatic carbocycles. The first-order chi connectivity index (χ1) is 16.3. The van der Waals surface area contributed by atoms with E-state index in [1.54, 1.807) is 24.5 Å². The molecule has 0 saturated carbocycles. The third-order valence-corrected chi connectivity index (χ3v) is 5.34. The molecule has 0 spiro atoms. The largest absolute Gasteiger partial charge is 0.457 e. The first-order valence-corrected chi connectivity index (χ1v) is 10.7. The summed E-state index contributed by atoms with van der Waals surface area (Å²) in [5.74, 6) is 1.23. The highest BCUT2D eigenvalue weighted by Crippen LogP contribution is 2.32. The van der Waals surface area contributed by atoms with Gasteiger partial charge in [-0.2, -0.15) is 18.2 Å². The van der Waals surface area contributed by atoms with E-state index in [0.717, 1.165) is 23.3 Å². The van der Waals surface area contributed by atoms with Crippen LogP contribution >= 0.6 is 0 Å². The Kier molecular flexibility index (Phi) is 6.77. The molecule has 0 saturated heterocycles. The van der Waals surface area contributed by atoms with E-state index in [2.05, 4.69) is 9.97 Å². The molecular formula is C26H22F3N3O2. The number of alkyl halides is 3. The lowest BCUT2D eigenvalue weighted by atomic mass is 10.1. The Hall–Kier alpha value is -3.94. The van der Waals surface area contributed by atoms with Crippen molar-refractivity contribution in [1.29, 1.82) is 0 Å². The summed E-state index contributed by atoms with van der Waals surface area (Å²) < 4.78 is 46.0. The van der Waals surface area contributed by atoms with E-state index in [4.69, 9.17) is 4.74 Å². The van der Waals surface area contributed by atoms with Crippen molar-refractivity contribution < 1.29 is 17.9 Å². The molecule has 0 fully saturated rings. The van der Waals surface area contributed by atoms with Crippen molar-refractivity contribution in [2.24, 2.45) is 7.05 Å². The maximum absolute atomic E-state index is 12.9. The van der Waals surface area contributed by atoms with Crippen LogP contribution in [0.4, 0.5) is 13.2 Å². The fraction of sp³-hybridized carbons (Fsp3) is 0.192. The molecule has 174 valence electrons. The predicted molar refractivity (Wildman–Crippen MR) is 122 cm³/mol. The summed E-state index contributed by atoms with van der Waals surface area (Å²) in [6.07, 6.45) is 2.48. The monoisotopic (exact) mass is 465 g/mol. The van der Waals surface area contributed by atoms with Gasteiger partial charge in [-0.25, -0.2) is 0 Å². The summed E-state index contributed by atoms with van der Waals surface area (Å²) in [4.78, 5) is 20.8. The van der Waals surface area contributed by atoms with Crippen molar-refractivity contribution in [3.05, 3.63) is 118 Å². The van der Waals surface area contributed by atoms with Gasteiger partial charge in [0, 0.05) is 44.0 Å². The number of benzene rings is 2. The Bertz CT molecular complexity index is 1320. The van der Waals surface area contributed by atoms with Crippen LogP contribution in [0.3, 0.4) is 0 Å². The van der Waals surface area contributed by atoms with Gasteiger partial charge in [-0.1, -0.05) is 24.3 Å². The second kappa shape index (κ2) is 9.91. The number of ether oxygens (including phenoxy) is 1. The van der Waals surface area contributed by atoms with Crippen LogP contribution in [0.15, 0.2) is 84.0 Å². The Morgan fingerprint density at radius 1 is 0.941 bits per heavy atom. The van der Waals surface area contributed by atoms with Gasteiger partial charge in [0.2, 0.25) is 0 Å². The van der Waals surface area contributed by atoms with E-state index >= 15 is 0 Å². The number of aromatic nitrogens is 3. The molecule has 0 radical (unpaired) electrons. The molecule has 0 amide bonds. The highest BCUT2D eigenvalue weighted by molar-refractivity contribution is 5.36. The highest BCUT2D eigenvalue weighted by atomic mass is 19.4. The van der Waals surface area contributed by atoms with Gasteiger partial charge < -0.3 is 9.30 Å². The van der Waals surface area contributed by atoms with Crippen LogP contribution in [0.5, 0.6) is 11.5 Å². The second-order valence-electron chi connectivity index (χ2n) is 7.91.